The molecule has 0 aliphatic heterocycles. The number of hydrogen-bond acceptors (Lipinski definition) is 6. The Morgan fingerprint density at radius 2 is 0.974 bits per heavy atom. The van der Waals surface area contributed by atoms with Gasteiger partial charge in [0, 0.05) is 12.8 Å². The summed E-state index contributed by atoms with van der Waals surface area (Å²) in [7, 11) is 0. The predicted molar refractivity (Wildman–Crippen MR) is 156 cm³/mol. The van der Waals surface area contributed by atoms with Crippen molar-refractivity contribution in [3.8, 4) is 0 Å². The van der Waals surface area contributed by atoms with Crippen LogP contribution in [0.15, 0.2) is 46.6 Å². The zero-order chi connectivity index (χ0) is 30.2. The summed E-state index contributed by atoms with van der Waals surface area (Å²) in [6, 6.07) is 0. The summed E-state index contributed by atoms with van der Waals surface area (Å²) in [5.74, 6) is -1.31. The molecule has 2 aliphatic rings. The highest BCUT2D eigenvalue weighted by molar-refractivity contribution is 5.91. The molecule has 2 unspecified atom stereocenters. The second-order valence-electron chi connectivity index (χ2n) is 15.4. The molecule has 0 spiro atoms. The van der Waals surface area contributed by atoms with Gasteiger partial charge in [0.2, 0.25) is 0 Å². The van der Waals surface area contributed by atoms with E-state index >= 15 is 0 Å². The van der Waals surface area contributed by atoms with Crippen molar-refractivity contribution in [3.05, 3.63) is 46.6 Å². The van der Waals surface area contributed by atoms with Crippen molar-refractivity contribution in [3.63, 3.8) is 0 Å². The number of esters is 2. The highest BCUT2D eigenvalue weighted by atomic mass is 16.6. The maximum Gasteiger partial charge on any atom is 0.317 e. The molecule has 220 valence electrons. The summed E-state index contributed by atoms with van der Waals surface area (Å²) >= 11 is 0. The van der Waals surface area contributed by atoms with E-state index in [1.165, 1.54) is 0 Å². The minimum atomic E-state index is -0.996. The third kappa shape index (κ3) is 7.94. The molecule has 0 aromatic rings. The molecular weight excluding hydrogens is 492 g/mol. The van der Waals surface area contributed by atoms with Crippen LogP contribution in [-0.4, -0.2) is 46.6 Å². The van der Waals surface area contributed by atoms with Gasteiger partial charge in [0.25, 0.3) is 0 Å². The van der Waals surface area contributed by atoms with Crippen LogP contribution in [0.1, 0.15) is 102 Å². The first kappa shape index (κ1) is 33.0. The topological polar surface area (TPSA) is 93.1 Å². The minimum Gasteiger partial charge on any atom is -0.460 e. The van der Waals surface area contributed by atoms with Gasteiger partial charge in [-0.05, 0) is 32.8 Å². The molecule has 0 fully saturated rings. The van der Waals surface area contributed by atoms with Gasteiger partial charge in [-0.1, -0.05) is 119 Å². The van der Waals surface area contributed by atoms with Gasteiger partial charge >= 0.3 is 11.9 Å². The average Bonchev–Trinajstić information content (AvgIpc) is 2.74. The second kappa shape index (κ2) is 11.0. The van der Waals surface area contributed by atoms with Crippen LogP contribution in [-0.2, 0) is 19.1 Å². The van der Waals surface area contributed by atoms with Crippen molar-refractivity contribution in [1.29, 1.82) is 0 Å². The van der Waals surface area contributed by atoms with E-state index in [-0.39, 0.29) is 34.9 Å². The Labute approximate surface area is 236 Å². The quantitative estimate of drug-likeness (QED) is 0.288. The van der Waals surface area contributed by atoms with Crippen LogP contribution in [0.4, 0.5) is 0 Å². The molecule has 2 aliphatic carbocycles. The highest BCUT2D eigenvalue weighted by Crippen LogP contribution is 2.46. The molecule has 2 N–H and O–H groups in total. The monoisotopic (exact) mass is 544 g/mol. The number of rotatable bonds is 6. The Bertz CT molecular complexity index is 989. The lowest BCUT2D eigenvalue weighted by atomic mass is 9.66. The lowest BCUT2D eigenvalue weighted by Gasteiger charge is -2.43. The standard InChI is InChI=1S/C33H52O6/c1-28(2,3)24-18-32(36,30(7,8)9)15-13-22(24)20-38-26(34)17-27(35)39-21-23-14-16-33(37,31(10,11)12)19-25(23)29(4,5)6/h13-16,36-37H,17-21H2,1-12H3. The van der Waals surface area contributed by atoms with E-state index in [1.54, 1.807) is 12.2 Å². The van der Waals surface area contributed by atoms with Gasteiger partial charge in [-0.25, -0.2) is 0 Å². The van der Waals surface area contributed by atoms with Gasteiger partial charge in [-0.2, -0.15) is 0 Å². The SMILES string of the molecule is CC(C)(C)C1=C(COC(=O)CC(=O)OCC2=C(C(C)(C)C)CC(O)(C(C)(C)C)C=C2)C=CC(O)(C(C)(C)C)C1. The predicted octanol–water partition coefficient (Wildman–Crippen LogP) is 6.62. The van der Waals surface area contributed by atoms with Crippen LogP contribution >= 0.6 is 0 Å². The van der Waals surface area contributed by atoms with Crippen LogP contribution in [0.25, 0.3) is 0 Å². The summed E-state index contributed by atoms with van der Waals surface area (Å²) in [5, 5.41) is 22.5. The number of aliphatic hydroxyl groups is 2. The first-order chi connectivity index (χ1) is 17.4. The van der Waals surface area contributed by atoms with Crippen molar-refractivity contribution < 1.29 is 29.3 Å². The van der Waals surface area contributed by atoms with Crippen molar-refractivity contribution in [2.24, 2.45) is 21.7 Å². The molecule has 2 rings (SSSR count). The third-order valence-electron chi connectivity index (χ3n) is 8.26. The molecule has 0 saturated carbocycles. The molecule has 0 saturated heterocycles. The largest absolute Gasteiger partial charge is 0.460 e. The molecule has 0 heterocycles. The Hall–Kier alpha value is -2.18. The first-order valence-electron chi connectivity index (χ1n) is 14.0. The van der Waals surface area contributed by atoms with E-state index < -0.39 is 29.6 Å². The molecule has 0 aromatic carbocycles. The van der Waals surface area contributed by atoms with Crippen molar-refractivity contribution in [2.45, 2.75) is 114 Å². The van der Waals surface area contributed by atoms with Crippen LogP contribution in [0.3, 0.4) is 0 Å². The van der Waals surface area contributed by atoms with Gasteiger partial charge in [0.15, 0.2) is 0 Å². The van der Waals surface area contributed by atoms with Crippen molar-refractivity contribution >= 4 is 11.9 Å². The molecule has 0 radical (unpaired) electrons. The fourth-order valence-electron chi connectivity index (χ4n) is 4.89. The summed E-state index contributed by atoms with van der Waals surface area (Å²) in [6.07, 6.45) is 7.69. The average molecular weight is 545 g/mol. The van der Waals surface area contributed by atoms with Crippen LogP contribution in [0.2, 0.25) is 0 Å². The Kier molecular flexibility index (Phi) is 9.32. The summed E-state index contributed by atoms with van der Waals surface area (Å²) in [6.45, 7) is 24.5. The molecule has 6 nitrogen and oxygen atoms in total. The van der Waals surface area contributed by atoms with E-state index in [0.717, 1.165) is 22.3 Å². The summed E-state index contributed by atoms with van der Waals surface area (Å²) in [5.41, 5.74) is 0.588. The van der Waals surface area contributed by atoms with E-state index in [1.807, 2.05) is 53.7 Å². The molecule has 2 atom stereocenters. The molecule has 0 bridgehead atoms. The number of hydrogen-bond donors (Lipinski definition) is 2. The van der Waals surface area contributed by atoms with E-state index in [9.17, 15) is 19.8 Å². The van der Waals surface area contributed by atoms with Crippen LogP contribution < -0.4 is 0 Å². The van der Waals surface area contributed by atoms with Crippen LogP contribution in [0.5, 0.6) is 0 Å². The molecule has 0 aromatic heterocycles. The fourth-order valence-corrected chi connectivity index (χ4v) is 4.89. The number of carbonyl (C=O) groups is 2. The van der Waals surface area contributed by atoms with E-state index in [2.05, 4.69) is 41.5 Å². The molecular formula is C33H52O6. The molecule has 6 heteroatoms. The summed E-state index contributed by atoms with van der Waals surface area (Å²) in [4.78, 5) is 25.1. The smallest absolute Gasteiger partial charge is 0.317 e. The fraction of sp³-hybridized carbons (Fsp3) is 0.697. The van der Waals surface area contributed by atoms with E-state index in [4.69, 9.17) is 9.47 Å². The van der Waals surface area contributed by atoms with Gasteiger partial charge in [0.1, 0.15) is 19.6 Å². The first-order valence-corrected chi connectivity index (χ1v) is 14.0. The van der Waals surface area contributed by atoms with Crippen molar-refractivity contribution in [2.75, 3.05) is 13.2 Å². The summed E-state index contributed by atoms with van der Waals surface area (Å²) < 4.78 is 10.9. The van der Waals surface area contributed by atoms with Crippen molar-refractivity contribution in [1.82, 2.24) is 0 Å². The molecule has 39 heavy (non-hydrogen) atoms. The Morgan fingerprint density at radius 1 is 0.667 bits per heavy atom. The maximum atomic E-state index is 12.5. The Morgan fingerprint density at radius 3 is 1.23 bits per heavy atom. The van der Waals surface area contributed by atoms with Gasteiger partial charge < -0.3 is 19.7 Å². The van der Waals surface area contributed by atoms with E-state index in [0.29, 0.717) is 12.8 Å². The molecule has 0 amide bonds. The lowest BCUT2D eigenvalue weighted by Crippen LogP contribution is -2.44. The van der Waals surface area contributed by atoms with Gasteiger partial charge in [-0.15, -0.1) is 0 Å². The normalized spacial score (nSPS) is 24.8. The van der Waals surface area contributed by atoms with Crippen LogP contribution in [0, 0.1) is 21.7 Å². The highest BCUT2D eigenvalue weighted by Gasteiger charge is 2.44. The second-order valence-corrected chi connectivity index (χ2v) is 15.4. The Balaban J connectivity index is 2.05. The maximum absolute atomic E-state index is 12.5. The minimum absolute atomic E-state index is 0.0306. The third-order valence-corrected chi connectivity index (χ3v) is 8.26. The zero-order valence-electron chi connectivity index (χ0n) is 26.4. The number of carbonyl (C=O) groups excluding carboxylic acids is 2. The zero-order valence-corrected chi connectivity index (χ0v) is 26.4. The van der Waals surface area contributed by atoms with Gasteiger partial charge in [0.05, 0.1) is 11.2 Å². The number of ether oxygens (including phenoxy) is 2. The lowest BCUT2D eigenvalue weighted by molar-refractivity contribution is -0.153. The van der Waals surface area contributed by atoms with Gasteiger partial charge in [-0.3, -0.25) is 9.59 Å².